The average molecular weight is 231 g/mol. The zero-order valence-electron chi connectivity index (χ0n) is 9.61. The highest BCUT2D eigenvalue weighted by Gasteiger charge is 2.03. The van der Waals surface area contributed by atoms with Gasteiger partial charge in [0.25, 0.3) is 5.56 Å². The summed E-state index contributed by atoms with van der Waals surface area (Å²) in [6.07, 6.45) is 4.48. The SMILES string of the molecule is CNc1cc(C)cnc1Nc1c[nH]c(=O)cn1. The molecule has 0 unspecified atom stereocenters. The maximum Gasteiger partial charge on any atom is 0.266 e. The molecule has 0 saturated carbocycles. The molecule has 0 aromatic carbocycles. The normalized spacial score (nSPS) is 10.0. The molecule has 6 nitrogen and oxygen atoms in total. The molecule has 0 aliphatic rings. The van der Waals surface area contributed by atoms with Crippen LogP contribution in [0.2, 0.25) is 0 Å². The van der Waals surface area contributed by atoms with Crippen LogP contribution in [0.1, 0.15) is 5.56 Å². The number of nitrogens with one attached hydrogen (secondary N) is 3. The second-order valence-electron chi connectivity index (χ2n) is 3.58. The highest BCUT2D eigenvalue weighted by Crippen LogP contribution is 2.21. The van der Waals surface area contributed by atoms with Gasteiger partial charge in [0, 0.05) is 19.4 Å². The molecule has 2 aromatic rings. The van der Waals surface area contributed by atoms with Gasteiger partial charge < -0.3 is 15.6 Å². The fourth-order valence-electron chi connectivity index (χ4n) is 1.39. The Bertz CT molecular complexity index is 558. The topological polar surface area (TPSA) is 82.7 Å². The summed E-state index contributed by atoms with van der Waals surface area (Å²) in [4.78, 5) is 21.6. The summed E-state index contributed by atoms with van der Waals surface area (Å²) in [6.45, 7) is 1.97. The van der Waals surface area contributed by atoms with Crippen molar-refractivity contribution >= 4 is 17.3 Å². The highest BCUT2D eigenvalue weighted by atomic mass is 16.1. The Labute approximate surface area is 98.1 Å². The van der Waals surface area contributed by atoms with Gasteiger partial charge in [-0.3, -0.25) is 4.79 Å². The number of aryl methyl sites for hydroxylation is 1. The number of anilines is 3. The molecule has 2 aromatic heterocycles. The van der Waals surface area contributed by atoms with Crippen molar-refractivity contribution in [1.82, 2.24) is 15.0 Å². The lowest BCUT2D eigenvalue weighted by atomic mass is 10.3. The largest absolute Gasteiger partial charge is 0.385 e. The van der Waals surface area contributed by atoms with Crippen LogP contribution >= 0.6 is 0 Å². The Morgan fingerprint density at radius 3 is 2.76 bits per heavy atom. The molecule has 0 bridgehead atoms. The van der Waals surface area contributed by atoms with Gasteiger partial charge in [-0.15, -0.1) is 0 Å². The molecule has 0 amide bonds. The molecule has 17 heavy (non-hydrogen) atoms. The van der Waals surface area contributed by atoms with E-state index in [9.17, 15) is 4.79 Å². The second kappa shape index (κ2) is 4.65. The number of H-pyrrole nitrogens is 1. The third-order valence-electron chi connectivity index (χ3n) is 2.21. The molecule has 6 heteroatoms. The lowest BCUT2D eigenvalue weighted by Gasteiger charge is -2.10. The van der Waals surface area contributed by atoms with Crippen LogP contribution in [-0.4, -0.2) is 22.0 Å². The van der Waals surface area contributed by atoms with Crippen molar-refractivity contribution in [1.29, 1.82) is 0 Å². The van der Waals surface area contributed by atoms with Gasteiger partial charge in [0.1, 0.15) is 5.82 Å². The highest BCUT2D eigenvalue weighted by molar-refractivity contribution is 5.69. The van der Waals surface area contributed by atoms with E-state index in [-0.39, 0.29) is 5.56 Å². The van der Waals surface area contributed by atoms with Crippen molar-refractivity contribution in [3.05, 3.63) is 40.6 Å². The summed E-state index contributed by atoms with van der Waals surface area (Å²) in [5.74, 6) is 1.20. The zero-order chi connectivity index (χ0) is 12.3. The summed E-state index contributed by atoms with van der Waals surface area (Å²) < 4.78 is 0. The summed E-state index contributed by atoms with van der Waals surface area (Å²) >= 11 is 0. The van der Waals surface area contributed by atoms with E-state index < -0.39 is 0 Å². The van der Waals surface area contributed by atoms with E-state index in [1.165, 1.54) is 12.4 Å². The predicted molar refractivity (Wildman–Crippen MR) is 66.7 cm³/mol. The summed E-state index contributed by atoms with van der Waals surface area (Å²) in [5.41, 5.74) is 1.70. The molecule has 0 radical (unpaired) electrons. The van der Waals surface area contributed by atoms with Crippen LogP contribution in [0, 0.1) is 6.92 Å². The van der Waals surface area contributed by atoms with Crippen molar-refractivity contribution < 1.29 is 0 Å². The Hall–Kier alpha value is -2.37. The van der Waals surface area contributed by atoms with Crippen molar-refractivity contribution in [3.63, 3.8) is 0 Å². The van der Waals surface area contributed by atoms with Gasteiger partial charge in [-0.05, 0) is 18.6 Å². The molecule has 0 atom stereocenters. The van der Waals surface area contributed by atoms with Gasteiger partial charge in [-0.1, -0.05) is 0 Å². The monoisotopic (exact) mass is 231 g/mol. The Morgan fingerprint density at radius 1 is 1.29 bits per heavy atom. The van der Waals surface area contributed by atoms with Crippen LogP contribution in [0.3, 0.4) is 0 Å². The minimum absolute atomic E-state index is 0.235. The maximum atomic E-state index is 10.9. The fourth-order valence-corrected chi connectivity index (χ4v) is 1.39. The molecule has 0 spiro atoms. The molecule has 0 fully saturated rings. The molecule has 3 N–H and O–H groups in total. The van der Waals surface area contributed by atoms with Crippen molar-refractivity contribution in [3.8, 4) is 0 Å². The molecule has 88 valence electrons. The molecule has 2 heterocycles. The standard InChI is InChI=1S/C11H13N5O/c1-7-3-8(12-2)11(15-4-7)16-9-5-14-10(17)6-13-9/h3-6,12H,1-2H3,(H,14,17)(H,13,15,16). The van der Waals surface area contributed by atoms with Crippen LogP contribution in [0.25, 0.3) is 0 Å². The van der Waals surface area contributed by atoms with Gasteiger partial charge in [-0.25, -0.2) is 9.97 Å². The summed E-state index contributed by atoms with van der Waals surface area (Å²) in [5, 5.41) is 6.07. The van der Waals surface area contributed by atoms with Gasteiger partial charge >= 0.3 is 0 Å². The zero-order valence-corrected chi connectivity index (χ0v) is 9.61. The van der Waals surface area contributed by atoms with E-state index in [4.69, 9.17) is 0 Å². The second-order valence-corrected chi connectivity index (χ2v) is 3.58. The minimum atomic E-state index is -0.235. The smallest absolute Gasteiger partial charge is 0.266 e. The first kappa shape index (κ1) is 11.1. The third kappa shape index (κ3) is 2.60. The molecule has 0 aliphatic carbocycles. The minimum Gasteiger partial charge on any atom is -0.385 e. The maximum absolute atomic E-state index is 10.9. The lowest BCUT2D eigenvalue weighted by Crippen LogP contribution is -2.07. The van der Waals surface area contributed by atoms with Crippen molar-refractivity contribution in [2.24, 2.45) is 0 Å². The summed E-state index contributed by atoms with van der Waals surface area (Å²) in [7, 11) is 1.82. The van der Waals surface area contributed by atoms with Crippen molar-refractivity contribution in [2.45, 2.75) is 6.92 Å². The molecule has 0 saturated heterocycles. The van der Waals surface area contributed by atoms with Crippen LogP contribution in [-0.2, 0) is 0 Å². The van der Waals surface area contributed by atoms with E-state index >= 15 is 0 Å². The van der Waals surface area contributed by atoms with E-state index in [0.29, 0.717) is 11.6 Å². The summed E-state index contributed by atoms with van der Waals surface area (Å²) in [6, 6.07) is 1.97. The Balaban J connectivity index is 2.29. The Morgan fingerprint density at radius 2 is 2.12 bits per heavy atom. The third-order valence-corrected chi connectivity index (χ3v) is 2.21. The quantitative estimate of drug-likeness (QED) is 0.740. The van der Waals surface area contributed by atoms with Crippen LogP contribution in [0.5, 0.6) is 0 Å². The molecule has 0 aliphatic heterocycles. The number of pyridine rings is 1. The molecule has 2 rings (SSSR count). The van der Waals surface area contributed by atoms with Gasteiger partial charge in [0.2, 0.25) is 0 Å². The number of hydrogen-bond donors (Lipinski definition) is 3. The molecular formula is C11H13N5O. The number of aromatic nitrogens is 3. The number of aromatic amines is 1. The number of nitrogens with zero attached hydrogens (tertiary/aromatic N) is 2. The first-order chi connectivity index (χ1) is 8.19. The van der Waals surface area contributed by atoms with Crippen molar-refractivity contribution in [2.75, 3.05) is 17.7 Å². The van der Waals surface area contributed by atoms with E-state index in [2.05, 4.69) is 25.6 Å². The van der Waals surface area contributed by atoms with Gasteiger partial charge in [0.05, 0.1) is 11.9 Å². The molecular weight excluding hydrogens is 218 g/mol. The van der Waals surface area contributed by atoms with Crippen LogP contribution < -0.4 is 16.2 Å². The van der Waals surface area contributed by atoms with E-state index in [1.807, 2.05) is 20.0 Å². The number of rotatable bonds is 3. The lowest BCUT2D eigenvalue weighted by molar-refractivity contribution is 1.13. The first-order valence-corrected chi connectivity index (χ1v) is 5.15. The van der Waals surface area contributed by atoms with Crippen LogP contribution in [0.4, 0.5) is 17.3 Å². The van der Waals surface area contributed by atoms with E-state index in [0.717, 1.165) is 11.3 Å². The fraction of sp³-hybridized carbons (Fsp3) is 0.182. The predicted octanol–water partition coefficient (Wildman–Crippen LogP) is 1.26. The Kier molecular flexibility index (Phi) is 3.04. The van der Waals surface area contributed by atoms with Crippen LogP contribution in [0.15, 0.2) is 29.5 Å². The van der Waals surface area contributed by atoms with Gasteiger partial charge in [-0.2, -0.15) is 0 Å². The average Bonchev–Trinajstić information content (AvgIpc) is 2.34. The van der Waals surface area contributed by atoms with E-state index in [1.54, 1.807) is 6.20 Å². The first-order valence-electron chi connectivity index (χ1n) is 5.15. The van der Waals surface area contributed by atoms with Gasteiger partial charge in [0.15, 0.2) is 5.82 Å². The number of hydrogen-bond acceptors (Lipinski definition) is 5.